The summed E-state index contributed by atoms with van der Waals surface area (Å²) in [4.78, 5) is 28.2. The van der Waals surface area contributed by atoms with Crippen molar-refractivity contribution >= 4 is 17.5 Å². The van der Waals surface area contributed by atoms with Crippen molar-refractivity contribution in [1.29, 1.82) is 0 Å². The second-order valence-corrected chi connectivity index (χ2v) is 7.15. The molecule has 0 saturated carbocycles. The van der Waals surface area contributed by atoms with E-state index in [1.807, 2.05) is 17.0 Å². The van der Waals surface area contributed by atoms with E-state index < -0.39 is 0 Å². The van der Waals surface area contributed by atoms with Gasteiger partial charge in [0.1, 0.15) is 5.71 Å². The molecular formula is C22H24N4O2. The molecule has 28 heavy (non-hydrogen) atoms. The van der Waals surface area contributed by atoms with Gasteiger partial charge in [-0.3, -0.25) is 14.5 Å². The number of hydrazone groups is 1. The molecule has 6 heteroatoms. The van der Waals surface area contributed by atoms with E-state index in [-0.39, 0.29) is 17.9 Å². The first-order valence-electron chi connectivity index (χ1n) is 9.71. The lowest BCUT2D eigenvalue weighted by Crippen LogP contribution is -2.52. The second kappa shape index (κ2) is 8.35. The molecule has 0 bridgehead atoms. The fraction of sp³-hybridized carbons (Fsp3) is 0.318. The molecule has 2 aliphatic rings. The smallest absolute Gasteiger partial charge is 0.270 e. The molecule has 1 N–H and O–H groups in total. The van der Waals surface area contributed by atoms with Crippen LogP contribution in [-0.4, -0.2) is 53.5 Å². The van der Waals surface area contributed by atoms with Crippen molar-refractivity contribution in [2.24, 2.45) is 5.10 Å². The second-order valence-electron chi connectivity index (χ2n) is 7.15. The Kier molecular flexibility index (Phi) is 5.48. The predicted octanol–water partition coefficient (Wildman–Crippen LogP) is 2.19. The Morgan fingerprint density at radius 2 is 1.43 bits per heavy atom. The zero-order chi connectivity index (χ0) is 19.3. The van der Waals surface area contributed by atoms with Gasteiger partial charge in [-0.25, -0.2) is 5.43 Å². The molecule has 144 valence electrons. The van der Waals surface area contributed by atoms with Crippen LogP contribution in [0.4, 0.5) is 0 Å². The number of carbonyl (C=O) groups is 2. The van der Waals surface area contributed by atoms with E-state index in [9.17, 15) is 9.59 Å². The van der Waals surface area contributed by atoms with Crippen LogP contribution < -0.4 is 5.43 Å². The van der Waals surface area contributed by atoms with Crippen LogP contribution in [0.3, 0.4) is 0 Å². The first-order chi connectivity index (χ1) is 13.7. The zero-order valence-electron chi connectivity index (χ0n) is 15.8. The fourth-order valence-corrected chi connectivity index (χ4v) is 3.88. The monoisotopic (exact) mass is 376 g/mol. The van der Waals surface area contributed by atoms with Crippen molar-refractivity contribution in [1.82, 2.24) is 15.2 Å². The Morgan fingerprint density at radius 1 is 0.857 bits per heavy atom. The topological polar surface area (TPSA) is 65.0 Å². The van der Waals surface area contributed by atoms with Crippen LogP contribution in [0.25, 0.3) is 0 Å². The summed E-state index contributed by atoms with van der Waals surface area (Å²) in [6.45, 7) is 2.89. The fourth-order valence-electron chi connectivity index (χ4n) is 3.88. The van der Waals surface area contributed by atoms with Crippen LogP contribution in [0.5, 0.6) is 0 Å². The van der Waals surface area contributed by atoms with Crippen LogP contribution in [0.1, 0.15) is 30.0 Å². The third-order valence-electron chi connectivity index (χ3n) is 5.35. The van der Waals surface area contributed by atoms with Crippen LogP contribution in [-0.2, 0) is 9.59 Å². The summed E-state index contributed by atoms with van der Waals surface area (Å²) in [5.41, 5.74) is 5.38. The zero-order valence-corrected chi connectivity index (χ0v) is 15.8. The Balaban J connectivity index is 1.48. The number of rotatable bonds is 4. The first kappa shape index (κ1) is 18.4. The average molecular weight is 376 g/mol. The molecule has 2 aromatic rings. The maximum Gasteiger partial charge on any atom is 0.270 e. The van der Waals surface area contributed by atoms with Crippen LogP contribution in [0, 0.1) is 0 Å². The minimum atomic E-state index is -0.130. The number of nitrogens with one attached hydrogen (secondary N) is 1. The molecule has 2 amide bonds. The lowest BCUT2D eigenvalue weighted by atomic mass is 9.96. The molecule has 0 aromatic heterocycles. The van der Waals surface area contributed by atoms with E-state index in [4.69, 9.17) is 0 Å². The quantitative estimate of drug-likeness (QED) is 0.890. The number of benzene rings is 2. The van der Waals surface area contributed by atoms with Crippen molar-refractivity contribution in [3.63, 3.8) is 0 Å². The third-order valence-corrected chi connectivity index (χ3v) is 5.35. The molecule has 0 unspecified atom stereocenters. The van der Waals surface area contributed by atoms with Crippen molar-refractivity contribution in [2.75, 3.05) is 26.2 Å². The average Bonchev–Trinajstić information content (AvgIpc) is 2.76. The predicted molar refractivity (Wildman–Crippen MR) is 108 cm³/mol. The molecule has 6 nitrogen and oxygen atoms in total. The standard InChI is InChI=1S/C22H24N4O2/c27-20-12-11-19(23-24-20)22(28)26-15-13-25(14-16-26)21(17-7-3-1-4-8-17)18-9-5-2-6-10-18/h1-10,21H,11-16H2,(H,24,27). The summed E-state index contributed by atoms with van der Waals surface area (Å²) in [6.07, 6.45) is 0.746. The van der Waals surface area contributed by atoms with Crippen LogP contribution in [0.2, 0.25) is 0 Å². The molecule has 2 heterocycles. The van der Waals surface area contributed by atoms with E-state index in [1.165, 1.54) is 11.1 Å². The van der Waals surface area contributed by atoms with Gasteiger partial charge < -0.3 is 4.90 Å². The lowest BCUT2D eigenvalue weighted by molar-refractivity contribution is -0.126. The molecule has 0 spiro atoms. The van der Waals surface area contributed by atoms with Gasteiger partial charge in [0.05, 0.1) is 6.04 Å². The van der Waals surface area contributed by atoms with Crippen LogP contribution >= 0.6 is 0 Å². The Hall–Kier alpha value is -2.99. The van der Waals surface area contributed by atoms with Crippen LogP contribution in [0.15, 0.2) is 65.8 Å². The van der Waals surface area contributed by atoms with Gasteiger partial charge in [0.2, 0.25) is 5.91 Å². The van der Waals surface area contributed by atoms with E-state index in [0.717, 1.165) is 13.1 Å². The largest absolute Gasteiger partial charge is 0.335 e. The van der Waals surface area contributed by atoms with E-state index in [2.05, 4.69) is 64.0 Å². The summed E-state index contributed by atoms with van der Waals surface area (Å²) in [5, 5.41) is 3.95. The normalized spacial score (nSPS) is 18.0. The van der Waals surface area contributed by atoms with Crippen molar-refractivity contribution in [3.05, 3.63) is 71.8 Å². The van der Waals surface area contributed by atoms with E-state index in [1.54, 1.807) is 0 Å². The van der Waals surface area contributed by atoms with Gasteiger partial charge in [-0.15, -0.1) is 0 Å². The van der Waals surface area contributed by atoms with Gasteiger partial charge in [-0.2, -0.15) is 5.10 Å². The minimum Gasteiger partial charge on any atom is -0.335 e. The first-order valence-corrected chi connectivity index (χ1v) is 9.71. The SMILES string of the molecule is O=C1CCC(C(=O)N2CCN(C(c3ccccc3)c3ccccc3)CC2)=NN1. The lowest BCUT2D eigenvalue weighted by Gasteiger charge is -2.40. The maximum absolute atomic E-state index is 12.7. The number of hydrogen-bond donors (Lipinski definition) is 1. The summed E-state index contributed by atoms with van der Waals surface area (Å²) in [7, 11) is 0. The Bertz CT molecular complexity index is 819. The summed E-state index contributed by atoms with van der Waals surface area (Å²) in [5.74, 6) is -0.189. The molecule has 2 aromatic carbocycles. The van der Waals surface area contributed by atoms with Crippen molar-refractivity contribution in [2.45, 2.75) is 18.9 Å². The van der Waals surface area contributed by atoms with Gasteiger partial charge >= 0.3 is 0 Å². The van der Waals surface area contributed by atoms with Gasteiger partial charge in [0.15, 0.2) is 0 Å². The summed E-state index contributed by atoms with van der Waals surface area (Å²) in [6, 6.07) is 21.2. The number of piperazine rings is 1. The van der Waals surface area contributed by atoms with E-state index >= 15 is 0 Å². The van der Waals surface area contributed by atoms with Gasteiger partial charge in [-0.1, -0.05) is 60.7 Å². The van der Waals surface area contributed by atoms with Crippen molar-refractivity contribution in [3.8, 4) is 0 Å². The van der Waals surface area contributed by atoms with Gasteiger partial charge in [0.25, 0.3) is 5.91 Å². The highest BCUT2D eigenvalue weighted by molar-refractivity contribution is 6.39. The van der Waals surface area contributed by atoms with E-state index in [0.29, 0.717) is 31.6 Å². The number of nitrogens with zero attached hydrogens (tertiary/aromatic N) is 3. The number of amides is 2. The van der Waals surface area contributed by atoms with Crippen molar-refractivity contribution < 1.29 is 9.59 Å². The molecular weight excluding hydrogens is 352 g/mol. The third kappa shape index (κ3) is 3.97. The minimum absolute atomic E-state index is 0.0596. The molecule has 4 rings (SSSR count). The molecule has 0 aliphatic carbocycles. The van der Waals surface area contributed by atoms with Gasteiger partial charge in [-0.05, 0) is 11.1 Å². The molecule has 0 atom stereocenters. The Labute approximate surface area is 164 Å². The number of carbonyl (C=O) groups excluding carboxylic acids is 2. The summed E-state index contributed by atoms with van der Waals surface area (Å²) < 4.78 is 0. The highest BCUT2D eigenvalue weighted by Crippen LogP contribution is 2.29. The molecule has 1 saturated heterocycles. The summed E-state index contributed by atoms with van der Waals surface area (Å²) >= 11 is 0. The number of hydrogen-bond acceptors (Lipinski definition) is 4. The molecule has 2 aliphatic heterocycles. The highest BCUT2D eigenvalue weighted by Gasteiger charge is 2.30. The maximum atomic E-state index is 12.7. The molecule has 1 fully saturated rings. The molecule has 0 radical (unpaired) electrons. The van der Waals surface area contributed by atoms with Gasteiger partial charge in [0, 0.05) is 39.0 Å². The highest BCUT2D eigenvalue weighted by atomic mass is 16.2. The Morgan fingerprint density at radius 3 is 1.93 bits per heavy atom.